The number of nitrogens with one attached hydrogen (secondary N) is 2. The van der Waals surface area contributed by atoms with Crippen LogP contribution in [0.4, 0.5) is 11.4 Å². The van der Waals surface area contributed by atoms with Gasteiger partial charge >= 0.3 is 11.9 Å². The number of carbonyl (C=O) groups is 4. The number of hydrogen-bond acceptors (Lipinski definition) is 12. The van der Waals surface area contributed by atoms with Crippen molar-refractivity contribution in [2.75, 3.05) is 10.6 Å². The molecule has 4 aromatic carbocycles. The number of nitrogens with zero attached hydrogens (tertiary/aromatic N) is 10. The number of benzene rings is 4. The van der Waals surface area contributed by atoms with Crippen molar-refractivity contribution in [3.05, 3.63) is 167 Å². The summed E-state index contributed by atoms with van der Waals surface area (Å²) >= 11 is 12.5. The number of tetrazole rings is 2. The zero-order valence-corrected chi connectivity index (χ0v) is 39.4. The van der Waals surface area contributed by atoms with E-state index in [9.17, 15) is 29.6 Å². The van der Waals surface area contributed by atoms with E-state index >= 15 is 0 Å². The third-order valence-corrected chi connectivity index (χ3v) is 12.8. The van der Waals surface area contributed by atoms with E-state index in [1.54, 1.807) is 72.8 Å². The predicted octanol–water partition coefficient (Wildman–Crippen LogP) is 7.46. The molecule has 364 valence electrons. The standard InChI is InChI=1S/2C25H21ClN6O4/c2*26-18-6-10-22(31-14-27-29-30-31)20(12-18)17-5-9-23(32(36)13-17)21(11-15-1-2-15)24(33)28-19-7-3-16(4-8-19)25(34)35/h2*3-10,12-15,21H,1-2,11H2,(H2-,28,33,34,35,36)/p+2/t2*21-/m10/s1. The van der Waals surface area contributed by atoms with Gasteiger partial charge in [0.25, 0.3) is 0 Å². The third kappa shape index (κ3) is 11.5. The molecular weight excluding hydrogens is 968 g/mol. The Morgan fingerprint density at radius 3 is 1.28 bits per heavy atom. The van der Waals surface area contributed by atoms with E-state index in [-0.39, 0.29) is 22.9 Å². The quantitative estimate of drug-likeness (QED) is 0.0405. The van der Waals surface area contributed by atoms with E-state index in [2.05, 4.69) is 41.7 Å². The molecule has 10 rings (SSSR count). The molecule has 0 spiro atoms. The van der Waals surface area contributed by atoms with Crippen LogP contribution in [0, 0.1) is 11.8 Å². The SMILES string of the molecule is O=C(O)c1ccc(NC(=O)[C@@H](CC2CC2)c2ccc(-c3cc(Cl)ccc3-n3cnnn3)c[n+]2O)cc1.O=C(O)c1ccc(NC(=O)[C@H](CC2CC2)c2ccc(-c3cc(Cl)ccc3-n3cnnn3)c[n+]2O)cc1. The second kappa shape index (κ2) is 21.2. The van der Waals surface area contributed by atoms with Crippen molar-refractivity contribution in [3.8, 4) is 33.6 Å². The topological polar surface area (TPSA) is 268 Å². The van der Waals surface area contributed by atoms with Gasteiger partial charge in [-0.2, -0.15) is 9.36 Å². The van der Waals surface area contributed by atoms with Gasteiger partial charge in [-0.05, 0) is 143 Å². The normalized spacial score (nSPS) is 13.8. The molecule has 2 aliphatic carbocycles. The monoisotopic (exact) mass is 1010 g/mol. The number of hydrogen-bond donors (Lipinski definition) is 6. The molecule has 6 N–H and O–H groups in total. The number of carboxylic acids is 2. The van der Waals surface area contributed by atoms with E-state index in [1.807, 2.05) is 12.1 Å². The Labute approximate surface area is 419 Å². The van der Waals surface area contributed by atoms with Crippen molar-refractivity contribution in [3.63, 3.8) is 0 Å². The Hall–Kier alpha value is -8.62. The summed E-state index contributed by atoms with van der Waals surface area (Å²) in [6.07, 6.45) is 11.3. The fraction of sp³-hybridized carbons (Fsp3) is 0.200. The number of halogens is 2. The zero-order chi connectivity index (χ0) is 50.5. The van der Waals surface area contributed by atoms with Gasteiger partial charge in [0.1, 0.15) is 24.5 Å². The van der Waals surface area contributed by atoms with Gasteiger partial charge in [-0.1, -0.05) is 48.9 Å². The summed E-state index contributed by atoms with van der Waals surface area (Å²) in [5, 5.41) is 69.4. The highest BCUT2D eigenvalue weighted by Gasteiger charge is 2.38. The first-order valence-corrected chi connectivity index (χ1v) is 23.4. The van der Waals surface area contributed by atoms with E-state index in [0.29, 0.717) is 91.1 Å². The van der Waals surface area contributed by atoms with Crippen molar-refractivity contribution in [2.24, 2.45) is 11.8 Å². The van der Waals surface area contributed by atoms with Crippen LogP contribution < -0.4 is 20.1 Å². The van der Waals surface area contributed by atoms with Gasteiger partial charge in [0, 0.05) is 54.1 Å². The molecule has 0 bridgehead atoms. The van der Waals surface area contributed by atoms with Crippen LogP contribution >= 0.6 is 23.2 Å². The number of anilines is 2. The molecule has 2 fully saturated rings. The lowest BCUT2D eigenvalue weighted by molar-refractivity contribution is -0.909. The number of aromatic carboxylic acids is 2. The Morgan fingerprint density at radius 1 is 0.569 bits per heavy atom. The summed E-state index contributed by atoms with van der Waals surface area (Å²) in [5.74, 6) is -3.02. The molecule has 2 amide bonds. The molecular formula is C50H44Cl2N12O8+2. The third-order valence-electron chi connectivity index (χ3n) is 12.3. The molecule has 72 heavy (non-hydrogen) atoms. The fourth-order valence-electron chi connectivity index (χ4n) is 8.24. The first-order chi connectivity index (χ1) is 34.8. The Morgan fingerprint density at radius 2 is 0.958 bits per heavy atom. The van der Waals surface area contributed by atoms with Crippen LogP contribution in [0.2, 0.25) is 10.0 Å². The summed E-state index contributed by atoms with van der Waals surface area (Å²) in [5.41, 5.74) is 6.18. The molecule has 0 saturated heterocycles. The lowest BCUT2D eigenvalue weighted by Crippen LogP contribution is -2.39. The molecule has 4 heterocycles. The molecule has 20 nitrogen and oxygen atoms in total. The van der Waals surface area contributed by atoms with Crippen molar-refractivity contribution < 1.29 is 49.3 Å². The van der Waals surface area contributed by atoms with Crippen LogP contribution in [0.1, 0.15) is 82.5 Å². The van der Waals surface area contributed by atoms with Gasteiger partial charge < -0.3 is 20.8 Å². The van der Waals surface area contributed by atoms with Crippen molar-refractivity contribution in [1.82, 2.24) is 40.4 Å². The minimum atomic E-state index is -1.04. The molecule has 0 aliphatic heterocycles. The van der Waals surface area contributed by atoms with E-state index in [0.717, 1.165) is 35.1 Å². The molecule has 8 aromatic rings. The first-order valence-electron chi connectivity index (χ1n) is 22.6. The van der Waals surface area contributed by atoms with Crippen LogP contribution in [-0.2, 0) is 9.59 Å². The first kappa shape index (κ1) is 48.4. The zero-order valence-electron chi connectivity index (χ0n) is 37.9. The summed E-state index contributed by atoms with van der Waals surface area (Å²) in [6.45, 7) is 0. The molecule has 2 aliphatic rings. The molecule has 4 aromatic heterocycles. The molecule has 2 atom stereocenters. The minimum Gasteiger partial charge on any atom is -0.478 e. The number of carboxylic acid groups (broad SMARTS) is 2. The smallest absolute Gasteiger partial charge is 0.335 e. The number of amides is 2. The largest absolute Gasteiger partial charge is 0.478 e. The molecule has 0 radical (unpaired) electrons. The summed E-state index contributed by atoms with van der Waals surface area (Å²) < 4.78 is 4.94. The molecule has 0 unspecified atom stereocenters. The average Bonchev–Trinajstić information content (AvgIpc) is 4.25. The lowest BCUT2D eigenvalue weighted by Gasteiger charge is -2.15. The summed E-state index contributed by atoms with van der Waals surface area (Å²) in [7, 11) is 0. The summed E-state index contributed by atoms with van der Waals surface area (Å²) in [6, 6.07) is 29.5. The maximum absolute atomic E-state index is 13.3. The van der Waals surface area contributed by atoms with E-state index in [1.165, 1.54) is 58.7 Å². The van der Waals surface area contributed by atoms with Gasteiger partial charge in [-0.25, -0.2) is 9.59 Å². The number of carbonyl (C=O) groups excluding carboxylic acids is 2. The number of rotatable bonds is 16. The lowest BCUT2D eigenvalue weighted by atomic mass is 9.95. The number of aromatic nitrogens is 10. The maximum atomic E-state index is 13.3. The fourth-order valence-corrected chi connectivity index (χ4v) is 8.59. The van der Waals surface area contributed by atoms with Gasteiger partial charge in [0.05, 0.1) is 33.6 Å². The maximum Gasteiger partial charge on any atom is 0.335 e. The van der Waals surface area contributed by atoms with Gasteiger partial charge in [-0.3, -0.25) is 20.0 Å². The van der Waals surface area contributed by atoms with Crippen molar-refractivity contribution in [2.45, 2.75) is 50.4 Å². The average molecular weight is 1010 g/mol. The van der Waals surface area contributed by atoms with E-state index < -0.39 is 23.8 Å². The van der Waals surface area contributed by atoms with E-state index in [4.69, 9.17) is 33.4 Å². The second-order valence-electron chi connectivity index (χ2n) is 17.4. The molecule has 22 heteroatoms. The minimum absolute atomic E-state index is 0.133. The van der Waals surface area contributed by atoms with Crippen LogP contribution in [0.5, 0.6) is 0 Å². The van der Waals surface area contributed by atoms with Gasteiger partial charge in [0.2, 0.25) is 35.6 Å². The van der Waals surface area contributed by atoms with Crippen molar-refractivity contribution >= 4 is 58.3 Å². The van der Waals surface area contributed by atoms with Crippen LogP contribution in [0.15, 0.2) is 134 Å². The second-order valence-corrected chi connectivity index (χ2v) is 18.3. The highest BCUT2D eigenvalue weighted by Crippen LogP contribution is 2.40. The Balaban J connectivity index is 0.000000178. The van der Waals surface area contributed by atoms with Crippen LogP contribution in [0.25, 0.3) is 33.6 Å². The summed E-state index contributed by atoms with van der Waals surface area (Å²) in [4.78, 5) is 48.7. The predicted molar refractivity (Wildman–Crippen MR) is 258 cm³/mol. The Bertz CT molecular complexity index is 3060. The van der Waals surface area contributed by atoms with Crippen molar-refractivity contribution in [1.29, 1.82) is 0 Å². The van der Waals surface area contributed by atoms with Gasteiger partial charge in [-0.15, -0.1) is 10.2 Å². The highest BCUT2D eigenvalue weighted by atomic mass is 35.5. The van der Waals surface area contributed by atoms with Crippen LogP contribution in [-0.4, -0.2) is 84.8 Å². The molecule has 2 saturated carbocycles. The number of pyridine rings is 2. The Kier molecular flexibility index (Phi) is 14.2. The highest BCUT2D eigenvalue weighted by molar-refractivity contribution is 6.31. The van der Waals surface area contributed by atoms with Crippen LogP contribution in [0.3, 0.4) is 0 Å². The van der Waals surface area contributed by atoms with Gasteiger partial charge in [0.15, 0.2) is 0 Å².